The number of aromatic amines is 1. The number of pyridine rings is 1. The summed E-state index contributed by atoms with van der Waals surface area (Å²) in [6, 6.07) is 7.39. The number of anilines is 1. The Kier molecular flexibility index (Phi) is 4.74. The van der Waals surface area contributed by atoms with Crippen LogP contribution in [0.1, 0.15) is 18.5 Å². The van der Waals surface area contributed by atoms with E-state index in [0.717, 1.165) is 54.0 Å². The zero-order valence-corrected chi connectivity index (χ0v) is 16.8. The van der Waals surface area contributed by atoms with E-state index in [1.807, 2.05) is 25.1 Å². The molecule has 4 aromatic rings. The largest absolute Gasteiger partial charge is 0.355 e. The lowest BCUT2D eigenvalue weighted by Crippen LogP contribution is -2.37. The summed E-state index contributed by atoms with van der Waals surface area (Å²) in [6.45, 7) is 4.53. The molecule has 0 amide bonds. The molecule has 152 valence electrons. The van der Waals surface area contributed by atoms with Crippen LogP contribution < -0.4 is 10.5 Å². The van der Waals surface area contributed by atoms with Crippen molar-refractivity contribution in [3.8, 4) is 11.3 Å². The molecule has 1 fully saturated rings. The zero-order valence-electron chi connectivity index (χ0n) is 16.8. The highest BCUT2D eigenvalue weighted by molar-refractivity contribution is 5.86. The third-order valence-electron chi connectivity index (χ3n) is 5.74. The van der Waals surface area contributed by atoms with Crippen LogP contribution in [0.5, 0.6) is 0 Å². The van der Waals surface area contributed by atoms with Gasteiger partial charge in [-0.3, -0.25) is 14.3 Å². The molecule has 1 saturated heterocycles. The number of hydrogen-bond donors (Lipinski definition) is 1. The SMILES string of the molecule is Cc1cc2ncnc(N3CCC(Cn4cnc(-c5cccnc5)cc4=O)CC3)c2[nH]1. The normalized spacial score (nSPS) is 15.0. The van der Waals surface area contributed by atoms with Gasteiger partial charge in [-0.15, -0.1) is 0 Å². The molecule has 0 spiro atoms. The highest BCUT2D eigenvalue weighted by Crippen LogP contribution is 2.27. The lowest BCUT2D eigenvalue weighted by atomic mass is 9.96. The van der Waals surface area contributed by atoms with Crippen molar-refractivity contribution in [3.05, 3.63) is 65.4 Å². The van der Waals surface area contributed by atoms with Gasteiger partial charge in [-0.2, -0.15) is 0 Å². The van der Waals surface area contributed by atoms with E-state index < -0.39 is 0 Å². The standard InChI is InChI=1S/C22H23N7O/c1-15-9-19-21(27-15)22(25-13-24-19)28-7-4-16(5-8-28)12-29-14-26-18(10-20(29)30)17-3-2-6-23-11-17/h2-3,6,9-11,13-14,16,27H,4-5,7-8,12H2,1H3. The van der Waals surface area contributed by atoms with Crippen LogP contribution in [-0.4, -0.2) is 42.6 Å². The van der Waals surface area contributed by atoms with E-state index in [9.17, 15) is 4.79 Å². The highest BCUT2D eigenvalue weighted by Gasteiger charge is 2.23. The van der Waals surface area contributed by atoms with Gasteiger partial charge in [0.2, 0.25) is 0 Å². The first kappa shape index (κ1) is 18.5. The Morgan fingerprint density at radius 1 is 1.17 bits per heavy atom. The Balaban J connectivity index is 1.27. The van der Waals surface area contributed by atoms with Crippen LogP contribution in [0.15, 0.2) is 54.1 Å². The quantitative estimate of drug-likeness (QED) is 0.565. The average molecular weight is 401 g/mol. The number of hydrogen-bond acceptors (Lipinski definition) is 6. The first-order chi connectivity index (χ1) is 14.7. The second-order valence-corrected chi connectivity index (χ2v) is 7.85. The maximum absolute atomic E-state index is 12.6. The molecule has 4 aromatic heterocycles. The Labute approximate surface area is 173 Å². The summed E-state index contributed by atoms with van der Waals surface area (Å²) in [7, 11) is 0. The molecule has 1 aliphatic rings. The topological polar surface area (TPSA) is 92.6 Å². The number of fused-ring (bicyclic) bond motifs is 1. The number of nitrogens with one attached hydrogen (secondary N) is 1. The molecule has 30 heavy (non-hydrogen) atoms. The van der Waals surface area contributed by atoms with Crippen molar-refractivity contribution in [2.75, 3.05) is 18.0 Å². The smallest absolute Gasteiger partial charge is 0.253 e. The minimum atomic E-state index is -0.0225. The van der Waals surface area contributed by atoms with E-state index in [2.05, 4.69) is 29.8 Å². The Morgan fingerprint density at radius 3 is 2.80 bits per heavy atom. The summed E-state index contributed by atoms with van der Waals surface area (Å²) in [5.74, 6) is 1.40. The zero-order chi connectivity index (χ0) is 20.5. The first-order valence-electron chi connectivity index (χ1n) is 10.2. The van der Waals surface area contributed by atoms with Gasteiger partial charge >= 0.3 is 0 Å². The fraction of sp³-hybridized carbons (Fsp3) is 0.318. The second-order valence-electron chi connectivity index (χ2n) is 7.85. The summed E-state index contributed by atoms with van der Waals surface area (Å²) < 4.78 is 1.72. The van der Waals surface area contributed by atoms with Gasteiger partial charge in [0, 0.05) is 49.4 Å². The van der Waals surface area contributed by atoms with Gasteiger partial charge < -0.3 is 9.88 Å². The van der Waals surface area contributed by atoms with Crippen LogP contribution in [0.2, 0.25) is 0 Å². The van der Waals surface area contributed by atoms with Crippen molar-refractivity contribution in [2.45, 2.75) is 26.3 Å². The van der Waals surface area contributed by atoms with Gasteiger partial charge in [-0.05, 0) is 43.9 Å². The number of H-pyrrole nitrogens is 1. The summed E-state index contributed by atoms with van der Waals surface area (Å²) >= 11 is 0. The van der Waals surface area contributed by atoms with Crippen LogP contribution in [0.25, 0.3) is 22.3 Å². The van der Waals surface area contributed by atoms with Gasteiger partial charge in [-0.1, -0.05) is 0 Å². The minimum Gasteiger partial charge on any atom is -0.355 e. The first-order valence-corrected chi connectivity index (χ1v) is 10.2. The van der Waals surface area contributed by atoms with E-state index >= 15 is 0 Å². The lowest BCUT2D eigenvalue weighted by molar-refractivity contribution is 0.350. The fourth-order valence-electron chi connectivity index (χ4n) is 4.14. The van der Waals surface area contributed by atoms with Crippen molar-refractivity contribution >= 4 is 16.9 Å². The van der Waals surface area contributed by atoms with Gasteiger partial charge in [0.25, 0.3) is 5.56 Å². The van der Waals surface area contributed by atoms with Crippen LogP contribution in [-0.2, 0) is 6.54 Å². The maximum atomic E-state index is 12.6. The monoisotopic (exact) mass is 401 g/mol. The Bertz CT molecular complexity index is 1220. The molecule has 8 nitrogen and oxygen atoms in total. The van der Waals surface area contributed by atoms with Gasteiger partial charge in [0.05, 0.1) is 17.5 Å². The number of piperidine rings is 1. The minimum absolute atomic E-state index is 0.0225. The molecule has 0 saturated carbocycles. The molecule has 0 atom stereocenters. The van der Waals surface area contributed by atoms with Gasteiger partial charge in [-0.25, -0.2) is 15.0 Å². The van der Waals surface area contributed by atoms with Crippen LogP contribution >= 0.6 is 0 Å². The molecule has 0 radical (unpaired) electrons. The molecule has 1 aliphatic heterocycles. The average Bonchev–Trinajstić information content (AvgIpc) is 3.16. The predicted molar refractivity (Wildman–Crippen MR) is 115 cm³/mol. The molecule has 0 unspecified atom stereocenters. The predicted octanol–water partition coefficient (Wildman–Crippen LogP) is 2.80. The molecule has 0 aromatic carbocycles. The molecule has 0 bridgehead atoms. The van der Waals surface area contributed by atoms with Crippen molar-refractivity contribution in [3.63, 3.8) is 0 Å². The fourth-order valence-corrected chi connectivity index (χ4v) is 4.14. The van der Waals surface area contributed by atoms with Crippen LogP contribution in [0, 0.1) is 12.8 Å². The Hall–Kier alpha value is -3.55. The number of aromatic nitrogens is 6. The van der Waals surface area contributed by atoms with Crippen molar-refractivity contribution in [1.82, 2.24) is 29.5 Å². The molecule has 5 rings (SSSR count). The van der Waals surface area contributed by atoms with Gasteiger partial charge in [0.15, 0.2) is 5.82 Å². The summed E-state index contributed by atoms with van der Waals surface area (Å²) in [5.41, 5.74) is 4.53. The van der Waals surface area contributed by atoms with Crippen LogP contribution in [0.4, 0.5) is 5.82 Å². The van der Waals surface area contributed by atoms with E-state index in [4.69, 9.17) is 0 Å². The summed E-state index contributed by atoms with van der Waals surface area (Å²) in [4.78, 5) is 35.7. The lowest BCUT2D eigenvalue weighted by Gasteiger charge is -2.33. The van der Waals surface area contributed by atoms with Gasteiger partial charge in [0.1, 0.15) is 11.8 Å². The summed E-state index contributed by atoms with van der Waals surface area (Å²) in [6.07, 6.45) is 8.72. The molecule has 0 aliphatic carbocycles. The summed E-state index contributed by atoms with van der Waals surface area (Å²) in [5, 5.41) is 0. The van der Waals surface area contributed by atoms with Crippen molar-refractivity contribution < 1.29 is 0 Å². The molecule has 8 heteroatoms. The maximum Gasteiger partial charge on any atom is 0.253 e. The molecular weight excluding hydrogens is 378 g/mol. The second kappa shape index (κ2) is 7.70. The number of rotatable bonds is 4. The van der Waals surface area contributed by atoms with E-state index in [0.29, 0.717) is 18.2 Å². The number of aryl methyl sites for hydroxylation is 1. The van der Waals surface area contributed by atoms with Crippen molar-refractivity contribution in [2.24, 2.45) is 5.92 Å². The third kappa shape index (κ3) is 3.56. The van der Waals surface area contributed by atoms with E-state index in [-0.39, 0.29) is 5.56 Å². The number of nitrogens with zero attached hydrogens (tertiary/aromatic N) is 6. The molecule has 5 heterocycles. The Morgan fingerprint density at radius 2 is 2.03 bits per heavy atom. The third-order valence-corrected chi connectivity index (χ3v) is 5.74. The molecule has 1 N–H and O–H groups in total. The molecular formula is C22H23N7O. The van der Waals surface area contributed by atoms with E-state index in [1.165, 1.54) is 0 Å². The van der Waals surface area contributed by atoms with E-state index in [1.54, 1.807) is 35.7 Å². The van der Waals surface area contributed by atoms with Crippen LogP contribution in [0.3, 0.4) is 0 Å². The van der Waals surface area contributed by atoms with Crippen molar-refractivity contribution in [1.29, 1.82) is 0 Å². The highest BCUT2D eigenvalue weighted by atomic mass is 16.1.